The second-order valence-electron chi connectivity index (χ2n) is 13.5. The molecular formula is C37H48N2O5. The average Bonchev–Trinajstić information content (AvgIpc) is 3.35. The minimum atomic E-state index is -0.359. The topological polar surface area (TPSA) is 76.2 Å². The summed E-state index contributed by atoms with van der Waals surface area (Å²) in [6.45, 7) is 7.34. The van der Waals surface area contributed by atoms with E-state index in [9.17, 15) is 14.4 Å². The normalized spacial score (nSPS) is 26.4. The first-order chi connectivity index (χ1) is 21.3. The fourth-order valence-corrected chi connectivity index (χ4v) is 9.00. The van der Waals surface area contributed by atoms with Crippen LogP contribution in [0.25, 0.3) is 0 Å². The number of piperidine rings is 1. The number of hydrogen-bond acceptors (Lipinski definition) is 6. The summed E-state index contributed by atoms with van der Waals surface area (Å²) in [5, 5.41) is 0. The first kappa shape index (κ1) is 30.8. The lowest BCUT2D eigenvalue weighted by Gasteiger charge is -2.60. The number of carbonyl (C=O) groups excluding carboxylic acids is 3. The second-order valence-corrected chi connectivity index (χ2v) is 13.5. The highest BCUT2D eigenvalue weighted by atomic mass is 16.6. The molecule has 236 valence electrons. The number of rotatable bonds is 13. The van der Waals surface area contributed by atoms with Crippen LogP contribution in [0.15, 0.2) is 42.5 Å². The molecule has 0 radical (unpaired) electrons. The van der Waals surface area contributed by atoms with E-state index < -0.39 is 0 Å². The molecule has 7 heteroatoms. The van der Waals surface area contributed by atoms with Gasteiger partial charge in [-0.15, -0.1) is 0 Å². The van der Waals surface area contributed by atoms with Crippen molar-refractivity contribution < 1.29 is 23.9 Å². The van der Waals surface area contributed by atoms with Crippen LogP contribution in [0, 0.1) is 5.92 Å². The minimum Gasteiger partial charge on any atom is -0.483 e. The molecule has 2 heterocycles. The van der Waals surface area contributed by atoms with E-state index in [1.165, 1.54) is 23.6 Å². The number of unbranched alkanes of at least 4 members (excludes halogenated alkanes) is 3. The van der Waals surface area contributed by atoms with Gasteiger partial charge in [0.05, 0.1) is 12.6 Å². The molecule has 2 aliphatic heterocycles. The van der Waals surface area contributed by atoms with Crippen molar-refractivity contribution in [2.75, 3.05) is 19.6 Å². The Morgan fingerprint density at radius 2 is 1.84 bits per heavy atom. The van der Waals surface area contributed by atoms with E-state index in [1.807, 2.05) is 12.1 Å². The van der Waals surface area contributed by atoms with Gasteiger partial charge in [0.2, 0.25) is 5.91 Å². The molecule has 1 saturated heterocycles. The van der Waals surface area contributed by atoms with E-state index in [-0.39, 0.29) is 41.3 Å². The van der Waals surface area contributed by atoms with Crippen molar-refractivity contribution in [3.63, 3.8) is 0 Å². The maximum atomic E-state index is 14.0. The lowest BCUT2D eigenvalue weighted by molar-refractivity contribution is -0.143. The van der Waals surface area contributed by atoms with Gasteiger partial charge in [-0.1, -0.05) is 56.2 Å². The minimum absolute atomic E-state index is 0.0295. The molecule has 4 aliphatic rings. The van der Waals surface area contributed by atoms with Gasteiger partial charge in [0.25, 0.3) is 0 Å². The smallest absolute Gasteiger partial charge is 0.308 e. The Balaban J connectivity index is 1.26. The van der Waals surface area contributed by atoms with Crippen LogP contribution >= 0.6 is 0 Å². The summed E-state index contributed by atoms with van der Waals surface area (Å²) in [6, 6.07) is 14.8. The third kappa shape index (κ3) is 5.68. The molecule has 1 spiro atoms. The third-order valence-electron chi connectivity index (χ3n) is 10.7. The van der Waals surface area contributed by atoms with Gasteiger partial charge in [-0.2, -0.15) is 0 Å². The molecule has 44 heavy (non-hydrogen) atoms. The largest absolute Gasteiger partial charge is 0.483 e. The third-order valence-corrected chi connectivity index (χ3v) is 10.7. The molecule has 0 unspecified atom stereocenters. The van der Waals surface area contributed by atoms with E-state index in [0.29, 0.717) is 30.4 Å². The van der Waals surface area contributed by atoms with Crippen LogP contribution in [0.5, 0.6) is 11.5 Å². The van der Waals surface area contributed by atoms with E-state index in [2.05, 4.69) is 47.1 Å². The Kier molecular flexibility index (Phi) is 9.13. The fraction of sp³-hybridized carbons (Fsp3) is 0.595. The van der Waals surface area contributed by atoms with E-state index in [1.54, 1.807) is 6.92 Å². The van der Waals surface area contributed by atoms with Crippen molar-refractivity contribution in [1.82, 2.24) is 9.80 Å². The molecule has 7 nitrogen and oxygen atoms in total. The number of hydrogen-bond donors (Lipinski definition) is 0. The molecule has 2 aliphatic carbocycles. The van der Waals surface area contributed by atoms with Gasteiger partial charge in [-0.05, 0) is 87.9 Å². The van der Waals surface area contributed by atoms with Gasteiger partial charge >= 0.3 is 5.97 Å². The summed E-state index contributed by atoms with van der Waals surface area (Å²) in [5.74, 6) is 1.61. The van der Waals surface area contributed by atoms with Crippen molar-refractivity contribution >= 4 is 17.7 Å². The highest BCUT2D eigenvalue weighted by Gasteiger charge is 2.66. The first-order valence-electron chi connectivity index (χ1n) is 16.9. The summed E-state index contributed by atoms with van der Waals surface area (Å²) in [7, 11) is 0. The summed E-state index contributed by atoms with van der Waals surface area (Å²) in [4.78, 5) is 42.9. The Morgan fingerprint density at radius 1 is 1.02 bits per heavy atom. The zero-order valence-electron chi connectivity index (χ0n) is 26.7. The van der Waals surface area contributed by atoms with Crippen molar-refractivity contribution in [1.29, 1.82) is 0 Å². The first-order valence-corrected chi connectivity index (χ1v) is 16.9. The van der Waals surface area contributed by atoms with Gasteiger partial charge in [0.1, 0.15) is 11.9 Å². The zero-order chi connectivity index (χ0) is 30.8. The zero-order valence-corrected chi connectivity index (χ0v) is 26.7. The Hall–Kier alpha value is -3.19. The van der Waals surface area contributed by atoms with Crippen molar-refractivity contribution in [3.05, 3.63) is 59.2 Å². The molecular weight excluding hydrogens is 552 g/mol. The van der Waals surface area contributed by atoms with Gasteiger partial charge in [-0.25, -0.2) is 0 Å². The number of aryl methyl sites for hydroxylation is 1. The number of esters is 1. The lowest BCUT2D eigenvalue weighted by atomic mass is 9.51. The fourth-order valence-electron chi connectivity index (χ4n) is 9.00. The Labute approximate surface area is 262 Å². The number of likely N-dealkylation sites (tertiary alicyclic amines) is 1. The molecule has 1 amide bonds. The van der Waals surface area contributed by atoms with Crippen molar-refractivity contribution in [2.45, 2.75) is 115 Å². The van der Waals surface area contributed by atoms with Gasteiger partial charge in [-0.3, -0.25) is 19.3 Å². The number of nitrogens with zero attached hydrogens (tertiary/aromatic N) is 2. The lowest BCUT2D eigenvalue weighted by Crippen LogP contribution is -2.69. The number of Topliss-reactive ketones (excluding diaryl/α,β-unsaturated/α-hetero) is 1. The monoisotopic (exact) mass is 600 g/mol. The van der Waals surface area contributed by atoms with E-state index in [4.69, 9.17) is 9.47 Å². The summed E-state index contributed by atoms with van der Waals surface area (Å²) < 4.78 is 12.7. The van der Waals surface area contributed by atoms with Gasteiger partial charge < -0.3 is 14.4 Å². The molecule has 0 N–H and O–H groups in total. The standard InChI is InChI=1S/C37H48N2O5/c1-4-5-21-39(33(42)15-11-7-10-14-27-12-8-6-9-13-27)30-18-17-29-31-23-28-16-19-32(43-26(3)41)35-34(28)37(29,36(30)44-35)20-22-38(31)24-25(2)40/h6,8-9,12-13,16,19,29-31,36H,4-5,7,10-11,14-15,17-18,20-24H2,1-3H3/t29-,30-,31+,36-,37-/m0/s1. The highest BCUT2D eigenvalue weighted by molar-refractivity contribution is 5.78. The Morgan fingerprint density at radius 3 is 2.59 bits per heavy atom. The summed E-state index contributed by atoms with van der Waals surface area (Å²) in [5.41, 5.74) is 3.54. The SMILES string of the molecule is CCCCN(C(=O)CCCCCc1ccccc1)[C@H]1CC[C@H]2[C@H]3Cc4ccc(OC(C)=O)c5c4[C@@]2(CCN3CC(C)=O)[C@H]1O5. The van der Waals surface area contributed by atoms with Gasteiger partial charge in [0.15, 0.2) is 11.5 Å². The number of benzene rings is 2. The summed E-state index contributed by atoms with van der Waals surface area (Å²) >= 11 is 0. The molecule has 2 bridgehead atoms. The predicted octanol–water partition coefficient (Wildman–Crippen LogP) is 6.04. The van der Waals surface area contributed by atoms with E-state index >= 15 is 0 Å². The quantitative estimate of drug-likeness (QED) is 0.159. The number of carbonyl (C=O) groups is 3. The molecule has 5 atom stereocenters. The second kappa shape index (κ2) is 13.0. The molecule has 6 rings (SSSR count). The molecule has 2 aromatic rings. The van der Waals surface area contributed by atoms with Crippen LogP contribution in [0.4, 0.5) is 0 Å². The maximum Gasteiger partial charge on any atom is 0.308 e. The van der Waals surface area contributed by atoms with Gasteiger partial charge in [0, 0.05) is 36.9 Å². The molecule has 2 fully saturated rings. The van der Waals surface area contributed by atoms with Crippen molar-refractivity contribution in [3.8, 4) is 11.5 Å². The van der Waals surface area contributed by atoms with Crippen LogP contribution in [-0.2, 0) is 32.6 Å². The molecule has 1 saturated carbocycles. The number of amides is 1. The highest BCUT2D eigenvalue weighted by Crippen LogP contribution is 2.64. The Bertz CT molecular complexity index is 1380. The molecule has 0 aromatic heterocycles. The van der Waals surface area contributed by atoms with Crippen LogP contribution in [0.2, 0.25) is 0 Å². The maximum absolute atomic E-state index is 14.0. The summed E-state index contributed by atoms with van der Waals surface area (Å²) in [6.07, 6.45) is 10.0. The predicted molar refractivity (Wildman–Crippen MR) is 170 cm³/mol. The number of ether oxygens (including phenoxy) is 2. The van der Waals surface area contributed by atoms with E-state index in [0.717, 1.165) is 77.3 Å². The number of ketones is 1. The van der Waals surface area contributed by atoms with Crippen LogP contribution in [0.1, 0.15) is 95.2 Å². The van der Waals surface area contributed by atoms with Crippen LogP contribution in [0.3, 0.4) is 0 Å². The van der Waals surface area contributed by atoms with Crippen molar-refractivity contribution in [2.24, 2.45) is 5.92 Å². The molecule has 2 aromatic carbocycles. The van der Waals surface area contributed by atoms with Crippen LogP contribution in [-0.4, -0.2) is 65.3 Å². The van der Waals surface area contributed by atoms with Crippen LogP contribution < -0.4 is 9.47 Å². The average molecular weight is 601 g/mol.